The van der Waals surface area contributed by atoms with Crippen LogP contribution in [-0.2, 0) is 9.59 Å². The molecule has 9 heteroatoms. The number of benzene rings is 1. The minimum absolute atomic E-state index is 0.0326. The molecule has 34 heavy (non-hydrogen) atoms. The molecule has 0 atom stereocenters. The second-order valence-electron chi connectivity index (χ2n) is 8.47. The molecule has 3 heterocycles. The number of aromatic amines is 2. The minimum atomic E-state index is -0.956. The normalized spacial score (nSPS) is 14.5. The predicted octanol–water partition coefficient (Wildman–Crippen LogP) is 2.93. The molecular weight excluding hydrogens is 434 g/mol. The zero-order chi connectivity index (χ0) is 23.7. The third-order valence-corrected chi connectivity index (χ3v) is 6.25. The Bertz CT molecular complexity index is 1390. The van der Waals surface area contributed by atoms with Gasteiger partial charge in [-0.05, 0) is 30.7 Å². The molecule has 1 saturated heterocycles. The summed E-state index contributed by atoms with van der Waals surface area (Å²) in [6.45, 7) is 2.61. The first-order valence-electron chi connectivity index (χ1n) is 11.4. The van der Waals surface area contributed by atoms with E-state index in [0.717, 1.165) is 40.9 Å². The number of aliphatic carboxylic acids is 1. The number of hydrogen-bond donors (Lipinski definition) is 3. The molecule has 1 aromatic heterocycles. The van der Waals surface area contributed by atoms with E-state index in [1.54, 1.807) is 4.90 Å². The van der Waals surface area contributed by atoms with Crippen molar-refractivity contribution in [1.29, 1.82) is 0 Å². The Kier molecular flexibility index (Phi) is 5.75. The lowest BCUT2D eigenvalue weighted by Crippen LogP contribution is -2.35. The van der Waals surface area contributed by atoms with Crippen LogP contribution in [0.5, 0.6) is 0 Å². The standard InChI is InChI=1S/C25H25N5O4/c31-21(9-10-22(32)33)30-12-4-11-29(13-14-30)16-7-8-19-20(15-16)27-24(26-19)23-17-5-2-1-3-6-18(17)28-25(23)34/h1-3,5-8,15H,4,9-14H2,(H,26,27)(H,28,34)(H,32,33). The van der Waals surface area contributed by atoms with Crippen molar-refractivity contribution in [2.75, 3.05) is 31.1 Å². The van der Waals surface area contributed by atoms with E-state index in [1.807, 2.05) is 48.5 Å². The molecule has 5 rings (SSSR count). The number of rotatable bonds is 5. The third kappa shape index (κ3) is 4.24. The number of H-pyrrole nitrogens is 2. The molecule has 2 aliphatic heterocycles. The molecule has 174 valence electrons. The average Bonchev–Trinajstić information content (AvgIpc) is 3.14. The van der Waals surface area contributed by atoms with Crippen molar-refractivity contribution < 1.29 is 14.7 Å². The van der Waals surface area contributed by atoms with Gasteiger partial charge >= 0.3 is 5.97 Å². The van der Waals surface area contributed by atoms with Gasteiger partial charge in [0.05, 0.1) is 23.0 Å². The number of nitrogens with one attached hydrogen (secondary N) is 2. The maximum atomic E-state index is 12.7. The van der Waals surface area contributed by atoms with Gasteiger partial charge in [-0.1, -0.05) is 24.3 Å². The molecule has 0 radical (unpaired) electrons. The maximum Gasteiger partial charge on any atom is 0.303 e. The summed E-state index contributed by atoms with van der Waals surface area (Å²) in [5.74, 6) is -0.542. The highest BCUT2D eigenvalue weighted by atomic mass is 16.4. The zero-order valence-corrected chi connectivity index (χ0v) is 18.6. The second-order valence-corrected chi connectivity index (χ2v) is 8.47. The molecule has 1 fully saturated rings. The molecule has 0 bridgehead atoms. The van der Waals surface area contributed by atoms with E-state index in [4.69, 9.17) is 10.1 Å². The van der Waals surface area contributed by atoms with E-state index in [2.05, 4.69) is 14.9 Å². The van der Waals surface area contributed by atoms with Gasteiger partial charge in [0, 0.05) is 49.5 Å². The maximum absolute atomic E-state index is 12.7. The zero-order valence-electron chi connectivity index (χ0n) is 18.6. The van der Waals surface area contributed by atoms with Crippen LogP contribution in [0.1, 0.15) is 19.3 Å². The number of aromatic nitrogens is 3. The largest absolute Gasteiger partial charge is 0.481 e. The number of carboxylic acid groups (broad SMARTS) is 1. The molecular formula is C25H25N5O4. The molecule has 0 spiro atoms. The summed E-state index contributed by atoms with van der Waals surface area (Å²) in [7, 11) is 0. The first-order chi connectivity index (χ1) is 16.5. The number of anilines is 1. The van der Waals surface area contributed by atoms with Gasteiger partial charge in [-0.3, -0.25) is 14.4 Å². The summed E-state index contributed by atoms with van der Waals surface area (Å²) < 4.78 is 0. The number of carbonyl (C=O) groups excluding carboxylic acids is 1. The molecule has 1 aliphatic carbocycles. The molecule has 9 nitrogen and oxygen atoms in total. The molecule has 3 aliphatic rings. The fraction of sp³-hybridized carbons (Fsp3) is 0.280. The Morgan fingerprint density at radius 2 is 1.82 bits per heavy atom. The van der Waals surface area contributed by atoms with Crippen LogP contribution in [0.25, 0.3) is 33.7 Å². The van der Waals surface area contributed by atoms with Gasteiger partial charge < -0.3 is 24.9 Å². The number of carboxylic acids is 1. The van der Waals surface area contributed by atoms with Crippen LogP contribution in [-0.4, -0.2) is 63.0 Å². The van der Waals surface area contributed by atoms with Gasteiger partial charge in [0.15, 0.2) is 0 Å². The average molecular weight is 460 g/mol. The molecule has 1 aromatic carbocycles. The van der Waals surface area contributed by atoms with Crippen LogP contribution in [0.3, 0.4) is 0 Å². The Balaban J connectivity index is 1.37. The van der Waals surface area contributed by atoms with Gasteiger partial charge in [0.2, 0.25) is 5.91 Å². The van der Waals surface area contributed by atoms with E-state index < -0.39 is 5.97 Å². The Hall–Kier alpha value is -4.14. The van der Waals surface area contributed by atoms with E-state index in [0.29, 0.717) is 31.0 Å². The SMILES string of the molecule is O=C(O)CCC(=O)N1CCCN(c2ccc3[nH]c(-c4c5cccccc-5[nH]c4=O)nc3c2)CC1. The first-order valence-corrected chi connectivity index (χ1v) is 11.4. The summed E-state index contributed by atoms with van der Waals surface area (Å²) in [4.78, 5) is 50.6. The van der Waals surface area contributed by atoms with Crippen molar-refractivity contribution >= 4 is 28.6 Å². The molecule has 1 amide bonds. The number of amides is 1. The van der Waals surface area contributed by atoms with E-state index in [1.165, 1.54) is 0 Å². The van der Waals surface area contributed by atoms with E-state index in [9.17, 15) is 14.4 Å². The molecule has 3 N–H and O–H groups in total. The Morgan fingerprint density at radius 3 is 2.68 bits per heavy atom. The molecule has 0 saturated carbocycles. The first kappa shape index (κ1) is 21.7. The van der Waals surface area contributed by atoms with Crippen molar-refractivity contribution in [3.8, 4) is 22.6 Å². The van der Waals surface area contributed by atoms with Crippen molar-refractivity contribution in [1.82, 2.24) is 19.9 Å². The van der Waals surface area contributed by atoms with Crippen LogP contribution in [0.4, 0.5) is 5.69 Å². The highest BCUT2D eigenvalue weighted by Gasteiger charge is 2.22. The van der Waals surface area contributed by atoms with Crippen LogP contribution in [0, 0.1) is 0 Å². The van der Waals surface area contributed by atoms with E-state index in [-0.39, 0.29) is 24.3 Å². The third-order valence-electron chi connectivity index (χ3n) is 6.25. The lowest BCUT2D eigenvalue weighted by atomic mass is 10.1. The molecule has 0 unspecified atom stereocenters. The van der Waals surface area contributed by atoms with Gasteiger partial charge in [-0.25, -0.2) is 4.98 Å². The summed E-state index contributed by atoms with van der Waals surface area (Å²) in [6, 6.07) is 15.4. The van der Waals surface area contributed by atoms with E-state index >= 15 is 0 Å². The lowest BCUT2D eigenvalue weighted by molar-refractivity contribution is -0.140. The summed E-state index contributed by atoms with van der Waals surface area (Å²) in [5, 5.41) is 8.83. The minimum Gasteiger partial charge on any atom is -0.481 e. The molecule has 2 aromatic rings. The van der Waals surface area contributed by atoms with Crippen LogP contribution in [0.2, 0.25) is 0 Å². The number of hydrogen-bond acceptors (Lipinski definition) is 5. The summed E-state index contributed by atoms with van der Waals surface area (Å²) >= 11 is 0. The van der Waals surface area contributed by atoms with Crippen molar-refractivity contribution in [2.45, 2.75) is 19.3 Å². The van der Waals surface area contributed by atoms with Gasteiger partial charge in [-0.2, -0.15) is 0 Å². The van der Waals surface area contributed by atoms with Crippen LogP contribution < -0.4 is 10.5 Å². The Morgan fingerprint density at radius 1 is 0.971 bits per heavy atom. The number of fused-ring (bicyclic) bond motifs is 2. The van der Waals surface area contributed by atoms with Gasteiger partial charge in [-0.15, -0.1) is 0 Å². The van der Waals surface area contributed by atoms with Crippen molar-refractivity contribution in [2.24, 2.45) is 0 Å². The second kappa shape index (κ2) is 9.01. The number of imidazole rings is 1. The predicted molar refractivity (Wildman–Crippen MR) is 129 cm³/mol. The number of carbonyl (C=O) groups is 2. The summed E-state index contributed by atoms with van der Waals surface area (Å²) in [6.07, 6.45) is 0.691. The quantitative estimate of drug-likeness (QED) is 0.422. The Labute approximate surface area is 195 Å². The topological polar surface area (TPSA) is 122 Å². The fourth-order valence-corrected chi connectivity index (χ4v) is 4.52. The lowest BCUT2D eigenvalue weighted by Gasteiger charge is -2.23. The van der Waals surface area contributed by atoms with Gasteiger partial charge in [0.25, 0.3) is 5.56 Å². The number of nitrogens with zero attached hydrogens (tertiary/aromatic N) is 3. The fourth-order valence-electron chi connectivity index (χ4n) is 4.52. The smallest absolute Gasteiger partial charge is 0.303 e. The van der Waals surface area contributed by atoms with Crippen LogP contribution in [0.15, 0.2) is 53.3 Å². The van der Waals surface area contributed by atoms with Crippen molar-refractivity contribution in [3.63, 3.8) is 0 Å². The summed E-state index contributed by atoms with van der Waals surface area (Å²) in [5.41, 5.74) is 4.52. The van der Waals surface area contributed by atoms with Crippen LogP contribution >= 0.6 is 0 Å². The van der Waals surface area contributed by atoms with Crippen molar-refractivity contribution in [3.05, 3.63) is 58.9 Å². The highest BCUT2D eigenvalue weighted by Crippen LogP contribution is 2.30. The monoisotopic (exact) mass is 459 g/mol. The highest BCUT2D eigenvalue weighted by molar-refractivity contribution is 5.87. The van der Waals surface area contributed by atoms with Gasteiger partial charge in [0.1, 0.15) is 5.82 Å².